The van der Waals surface area contributed by atoms with Crippen LogP contribution in [0.4, 0.5) is 5.69 Å². The minimum absolute atomic E-state index is 0.134. The number of benzene rings is 2. The first-order valence-corrected chi connectivity index (χ1v) is 8.38. The van der Waals surface area contributed by atoms with Gasteiger partial charge >= 0.3 is 11.9 Å². The Bertz CT molecular complexity index is 1070. The first-order valence-electron chi connectivity index (χ1n) is 7.59. The molecule has 8 nitrogen and oxygen atoms in total. The molecule has 0 N–H and O–H groups in total. The molecule has 0 spiro atoms. The number of esters is 2. The van der Waals surface area contributed by atoms with Gasteiger partial charge in [0.2, 0.25) is 0 Å². The Morgan fingerprint density at radius 3 is 2.41 bits per heavy atom. The maximum Gasteiger partial charge on any atom is 0.343 e. The van der Waals surface area contributed by atoms with Crippen molar-refractivity contribution in [2.45, 2.75) is 6.92 Å². The van der Waals surface area contributed by atoms with Crippen LogP contribution in [0.2, 0.25) is 0 Å². The number of furan rings is 1. The van der Waals surface area contributed by atoms with Crippen molar-refractivity contribution >= 4 is 44.5 Å². The van der Waals surface area contributed by atoms with Crippen LogP contribution < -0.4 is 4.74 Å². The minimum atomic E-state index is -0.704. The molecule has 0 aliphatic heterocycles. The summed E-state index contributed by atoms with van der Waals surface area (Å²) in [5, 5.41) is 11.1. The Morgan fingerprint density at radius 1 is 1.15 bits per heavy atom. The van der Waals surface area contributed by atoms with Crippen LogP contribution in [0.1, 0.15) is 26.5 Å². The van der Waals surface area contributed by atoms with Gasteiger partial charge in [-0.25, -0.2) is 9.59 Å². The Kier molecular flexibility index (Phi) is 4.95. The normalized spacial score (nSPS) is 10.6. The van der Waals surface area contributed by atoms with Gasteiger partial charge in [0.15, 0.2) is 0 Å². The van der Waals surface area contributed by atoms with Crippen LogP contribution in [0.5, 0.6) is 5.75 Å². The van der Waals surface area contributed by atoms with E-state index in [-0.39, 0.29) is 22.6 Å². The lowest BCUT2D eigenvalue weighted by atomic mass is 10.1. The monoisotopic (exact) mass is 433 g/mol. The lowest BCUT2D eigenvalue weighted by molar-refractivity contribution is -0.384. The second-order valence-electron chi connectivity index (χ2n) is 5.50. The van der Waals surface area contributed by atoms with Gasteiger partial charge in [0, 0.05) is 17.5 Å². The zero-order chi connectivity index (χ0) is 19.7. The molecule has 0 saturated carbocycles. The van der Waals surface area contributed by atoms with E-state index in [1.165, 1.54) is 37.4 Å². The number of methoxy groups -OCH3 is 1. The molecule has 0 aliphatic rings. The highest BCUT2D eigenvalue weighted by Gasteiger charge is 2.22. The molecule has 3 rings (SSSR count). The minimum Gasteiger partial charge on any atom is -0.465 e. The third kappa shape index (κ3) is 3.54. The fraction of sp³-hybridized carbons (Fsp3) is 0.111. The molecule has 0 radical (unpaired) electrons. The third-order valence-corrected chi connectivity index (χ3v) is 4.44. The smallest absolute Gasteiger partial charge is 0.343 e. The highest BCUT2D eigenvalue weighted by atomic mass is 79.9. The zero-order valence-electron chi connectivity index (χ0n) is 14.1. The van der Waals surface area contributed by atoms with E-state index in [0.717, 1.165) is 0 Å². The van der Waals surface area contributed by atoms with Crippen LogP contribution in [0.25, 0.3) is 11.0 Å². The number of carbonyl (C=O) groups excluding carboxylic acids is 2. The third-order valence-electron chi connectivity index (χ3n) is 3.82. The quantitative estimate of drug-likeness (QED) is 0.259. The predicted molar refractivity (Wildman–Crippen MR) is 98.0 cm³/mol. The number of nitro benzene ring substituents is 1. The fourth-order valence-electron chi connectivity index (χ4n) is 2.53. The van der Waals surface area contributed by atoms with E-state index in [1.54, 1.807) is 13.0 Å². The van der Waals surface area contributed by atoms with E-state index in [9.17, 15) is 19.7 Å². The number of non-ortho nitro benzene ring substituents is 1. The van der Waals surface area contributed by atoms with Gasteiger partial charge in [0.1, 0.15) is 22.7 Å². The molecule has 0 atom stereocenters. The molecule has 1 aromatic heterocycles. The average Bonchev–Trinajstić information content (AvgIpc) is 2.96. The number of rotatable bonds is 4. The number of hydrogen-bond acceptors (Lipinski definition) is 7. The number of halogens is 1. The second kappa shape index (κ2) is 7.20. The van der Waals surface area contributed by atoms with Crippen molar-refractivity contribution in [3.8, 4) is 5.75 Å². The first kappa shape index (κ1) is 18.6. The molecule has 3 aromatic rings. The van der Waals surface area contributed by atoms with Crippen molar-refractivity contribution in [2.75, 3.05) is 7.11 Å². The summed E-state index contributed by atoms with van der Waals surface area (Å²) in [6.45, 7) is 1.63. The zero-order valence-corrected chi connectivity index (χ0v) is 15.7. The number of nitrogens with zero attached hydrogens (tertiary/aromatic N) is 1. The molecule has 1 heterocycles. The van der Waals surface area contributed by atoms with E-state index in [4.69, 9.17) is 13.9 Å². The van der Waals surface area contributed by atoms with Crippen LogP contribution in [0, 0.1) is 17.0 Å². The van der Waals surface area contributed by atoms with Crippen molar-refractivity contribution in [3.05, 3.63) is 67.9 Å². The summed E-state index contributed by atoms with van der Waals surface area (Å²) in [4.78, 5) is 34.4. The van der Waals surface area contributed by atoms with Gasteiger partial charge in [0.25, 0.3) is 5.69 Å². The Labute approximate surface area is 160 Å². The lowest BCUT2D eigenvalue weighted by Gasteiger charge is -2.07. The van der Waals surface area contributed by atoms with E-state index in [2.05, 4.69) is 15.9 Å². The molecular weight excluding hydrogens is 422 g/mol. The van der Waals surface area contributed by atoms with Gasteiger partial charge in [-0.1, -0.05) is 0 Å². The molecule has 9 heteroatoms. The molecule has 138 valence electrons. The van der Waals surface area contributed by atoms with Gasteiger partial charge < -0.3 is 13.9 Å². The molecule has 0 unspecified atom stereocenters. The van der Waals surface area contributed by atoms with Crippen LogP contribution in [-0.2, 0) is 4.74 Å². The maximum atomic E-state index is 12.3. The standard InChI is InChI=1S/C18H12BrNO7/c1-9-16(18(22)25-2)12-7-15(13(19)8-14(12)26-9)27-17(21)10-3-5-11(6-4-10)20(23)24/h3-8H,1-2H3. The van der Waals surface area contributed by atoms with E-state index < -0.39 is 16.9 Å². The van der Waals surface area contributed by atoms with Crippen LogP contribution in [0.3, 0.4) is 0 Å². The number of ether oxygens (including phenoxy) is 2. The van der Waals surface area contributed by atoms with Gasteiger partial charge in [-0.2, -0.15) is 0 Å². The SMILES string of the molecule is COC(=O)c1c(C)oc2cc(Br)c(OC(=O)c3ccc([N+](=O)[O-])cc3)cc12. The topological polar surface area (TPSA) is 109 Å². The summed E-state index contributed by atoms with van der Waals surface area (Å²) in [5.41, 5.74) is 0.678. The van der Waals surface area contributed by atoms with E-state index >= 15 is 0 Å². The van der Waals surface area contributed by atoms with Crippen molar-refractivity contribution in [1.29, 1.82) is 0 Å². The number of carbonyl (C=O) groups is 2. The predicted octanol–water partition coefficient (Wildman–Crippen LogP) is 4.42. The number of hydrogen-bond donors (Lipinski definition) is 0. The summed E-state index contributed by atoms with van der Waals surface area (Å²) in [6.07, 6.45) is 0. The molecule has 0 fully saturated rings. The van der Waals surface area contributed by atoms with Crippen LogP contribution >= 0.6 is 15.9 Å². The lowest BCUT2D eigenvalue weighted by Crippen LogP contribution is -2.09. The maximum absolute atomic E-state index is 12.3. The number of nitro groups is 1. The Balaban J connectivity index is 1.96. The van der Waals surface area contributed by atoms with Crippen molar-refractivity contribution in [2.24, 2.45) is 0 Å². The van der Waals surface area contributed by atoms with Crippen molar-refractivity contribution in [1.82, 2.24) is 0 Å². The molecular formula is C18H12BrNO7. The summed E-state index contributed by atoms with van der Waals surface area (Å²) in [5.74, 6) is -0.731. The number of fused-ring (bicyclic) bond motifs is 1. The van der Waals surface area contributed by atoms with Crippen LogP contribution in [-0.4, -0.2) is 24.0 Å². The molecule has 0 saturated heterocycles. The second-order valence-corrected chi connectivity index (χ2v) is 6.35. The van der Waals surface area contributed by atoms with E-state index in [1.807, 2.05) is 0 Å². The van der Waals surface area contributed by atoms with Crippen molar-refractivity contribution in [3.63, 3.8) is 0 Å². The van der Waals surface area contributed by atoms with Gasteiger partial charge in [0.05, 0.1) is 22.1 Å². The average molecular weight is 434 g/mol. The molecule has 27 heavy (non-hydrogen) atoms. The summed E-state index contributed by atoms with van der Waals surface area (Å²) in [7, 11) is 1.26. The van der Waals surface area contributed by atoms with Crippen LogP contribution in [0.15, 0.2) is 45.3 Å². The van der Waals surface area contributed by atoms with Gasteiger partial charge in [-0.15, -0.1) is 0 Å². The molecule has 2 aromatic carbocycles. The molecule has 0 bridgehead atoms. The largest absolute Gasteiger partial charge is 0.465 e. The fourth-order valence-corrected chi connectivity index (χ4v) is 2.94. The highest BCUT2D eigenvalue weighted by Crippen LogP contribution is 2.35. The summed E-state index contributed by atoms with van der Waals surface area (Å²) in [6, 6.07) is 8.09. The Hall–Kier alpha value is -3.20. The number of aryl methyl sites for hydroxylation is 1. The van der Waals surface area contributed by atoms with Gasteiger partial charge in [-0.3, -0.25) is 10.1 Å². The van der Waals surface area contributed by atoms with Gasteiger partial charge in [-0.05, 0) is 47.1 Å². The Morgan fingerprint density at radius 2 is 1.81 bits per heavy atom. The summed E-state index contributed by atoms with van der Waals surface area (Å²) < 4.78 is 16.1. The summed E-state index contributed by atoms with van der Waals surface area (Å²) >= 11 is 3.29. The van der Waals surface area contributed by atoms with Crippen molar-refractivity contribution < 1.29 is 28.4 Å². The molecule has 0 aliphatic carbocycles. The highest BCUT2D eigenvalue weighted by molar-refractivity contribution is 9.10. The van der Waals surface area contributed by atoms with E-state index in [0.29, 0.717) is 21.2 Å². The first-order chi connectivity index (χ1) is 12.8. The molecule has 0 amide bonds.